The third-order valence-electron chi connectivity index (χ3n) is 2.83. The van der Waals surface area contributed by atoms with E-state index in [0.717, 1.165) is 5.69 Å². The summed E-state index contributed by atoms with van der Waals surface area (Å²) in [5.41, 5.74) is 7.86. The third kappa shape index (κ3) is 1.64. The highest BCUT2D eigenvalue weighted by atomic mass is 15.0. The highest BCUT2D eigenvalue weighted by molar-refractivity contribution is 5.27. The monoisotopic (exact) mass is 177 g/mol. The first-order valence-corrected chi connectivity index (χ1v) is 4.86. The maximum atomic E-state index is 5.50. The molecule has 2 rings (SSSR count). The zero-order chi connectivity index (χ0) is 9.26. The molecular weight excluding hydrogens is 162 g/mol. The van der Waals surface area contributed by atoms with Gasteiger partial charge in [0.05, 0.1) is 0 Å². The molecule has 0 unspecified atom stereocenters. The summed E-state index contributed by atoms with van der Waals surface area (Å²) >= 11 is 0. The van der Waals surface area contributed by atoms with E-state index in [0.29, 0.717) is 11.9 Å². The van der Waals surface area contributed by atoms with Crippen LogP contribution in [-0.2, 0) is 0 Å². The van der Waals surface area contributed by atoms with Gasteiger partial charge in [-0.25, -0.2) is 9.97 Å². The predicted octanol–water partition coefficient (Wildman–Crippen LogP) is 2.02. The fourth-order valence-electron chi connectivity index (χ4n) is 2.13. The van der Waals surface area contributed by atoms with Crippen molar-refractivity contribution in [2.75, 3.05) is 5.73 Å². The summed E-state index contributed by atoms with van der Waals surface area (Å²) in [7, 11) is 0. The van der Waals surface area contributed by atoms with Gasteiger partial charge >= 0.3 is 0 Å². The number of nitrogen functional groups attached to an aromatic ring is 1. The van der Waals surface area contributed by atoms with Gasteiger partial charge in [0.25, 0.3) is 0 Å². The predicted molar refractivity (Wildman–Crippen MR) is 52.4 cm³/mol. The second-order valence-corrected chi connectivity index (χ2v) is 3.75. The summed E-state index contributed by atoms with van der Waals surface area (Å²) in [5, 5.41) is 0. The lowest BCUT2D eigenvalue weighted by Gasteiger charge is -2.11. The van der Waals surface area contributed by atoms with E-state index < -0.39 is 0 Å². The number of rotatable bonds is 1. The number of nitrogens with two attached hydrogens (primary N) is 1. The van der Waals surface area contributed by atoms with Crippen molar-refractivity contribution in [3.8, 4) is 0 Å². The molecule has 13 heavy (non-hydrogen) atoms. The highest BCUT2D eigenvalue weighted by Crippen LogP contribution is 2.34. The van der Waals surface area contributed by atoms with E-state index in [-0.39, 0.29) is 0 Å². The molecular formula is C10H15N3. The van der Waals surface area contributed by atoms with Crippen molar-refractivity contribution in [1.82, 2.24) is 9.97 Å². The average molecular weight is 177 g/mol. The molecule has 0 spiro atoms. The average Bonchev–Trinajstić information content (AvgIpc) is 2.56. The summed E-state index contributed by atoms with van der Waals surface area (Å²) in [6.07, 6.45) is 7.15. The van der Waals surface area contributed by atoms with Crippen LogP contribution in [0.5, 0.6) is 0 Å². The molecule has 3 nitrogen and oxygen atoms in total. The summed E-state index contributed by atoms with van der Waals surface area (Å²) in [6, 6.07) is 0. The Bertz CT molecular complexity index is 303. The molecule has 1 fully saturated rings. The number of aromatic nitrogens is 2. The van der Waals surface area contributed by atoms with E-state index in [2.05, 4.69) is 9.97 Å². The van der Waals surface area contributed by atoms with Crippen LogP contribution < -0.4 is 5.73 Å². The maximum absolute atomic E-state index is 5.50. The van der Waals surface area contributed by atoms with Crippen molar-refractivity contribution < 1.29 is 0 Å². The van der Waals surface area contributed by atoms with E-state index in [4.69, 9.17) is 5.73 Å². The van der Waals surface area contributed by atoms with Crippen LogP contribution >= 0.6 is 0 Å². The zero-order valence-corrected chi connectivity index (χ0v) is 7.95. The molecule has 70 valence electrons. The summed E-state index contributed by atoms with van der Waals surface area (Å²) in [4.78, 5) is 8.24. The van der Waals surface area contributed by atoms with Crippen LogP contribution in [-0.4, -0.2) is 9.97 Å². The molecule has 1 aromatic heterocycles. The van der Waals surface area contributed by atoms with E-state index in [1.807, 2.05) is 13.1 Å². The Morgan fingerprint density at radius 3 is 2.69 bits per heavy atom. The van der Waals surface area contributed by atoms with Crippen LogP contribution in [0.4, 0.5) is 5.95 Å². The molecule has 1 saturated carbocycles. The van der Waals surface area contributed by atoms with Gasteiger partial charge in [-0.1, -0.05) is 12.8 Å². The zero-order valence-electron chi connectivity index (χ0n) is 7.95. The second kappa shape index (κ2) is 3.32. The fraction of sp³-hybridized carbons (Fsp3) is 0.600. The highest BCUT2D eigenvalue weighted by Gasteiger charge is 2.19. The van der Waals surface area contributed by atoms with Gasteiger partial charge in [-0.2, -0.15) is 0 Å². The third-order valence-corrected chi connectivity index (χ3v) is 2.83. The molecule has 0 saturated heterocycles. The van der Waals surface area contributed by atoms with Crippen LogP contribution in [0.25, 0.3) is 0 Å². The molecule has 3 heteroatoms. The van der Waals surface area contributed by atoms with Crippen molar-refractivity contribution in [1.29, 1.82) is 0 Å². The minimum atomic E-state index is 0.388. The van der Waals surface area contributed by atoms with E-state index in [1.54, 1.807) is 0 Å². The fourth-order valence-corrected chi connectivity index (χ4v) is 2.13. The van der Waals surface area contributed by atoms with Crippen LogP contribution in [0.3, 0.4) is 0 Å². The summed E-state index contributed by atoms with van der Waals surface area (Å²) < 4.78 is 0. The Kier molecular flexibility index (Phi) is 2.17. The van der Waals surface area contributed by atoms with Gasteiger partial charge in [-0.05, 0) is 31.2 Å². The van der Waals surface area contributed by atoms with E-state index >= 15 is 0 Å². The summed E-state index contributed by atoms with van der Waals surface area (Å²) in [5.74, 6) is 1.07. The number of hydrogen-bond acceptors (Lipinski definition) is 3. The minimum absolute atomic E-state index is 0.388. The SMILES string of the molecule is Cc1nc(N)ncc1C1CCCC1. The first-order valence-electron chi connectivity index (χ1n) is 4.86. The Morgan fingerprint density at radius 2 is 2.08 bits per heavy atom. The summed E-state index contributed by atoms with van der Waals surface area (Å²) in [6.45, 7) is 2.02. The molecule has 1 heterocycles. The largest absolute Gasteiger partial charge is 0.368 e. The van der Waals surface area contributed by atoms with Crippen molar-refractivity contribution in [2.45, 2.75) is 38.5 Å². The first kappa shape index (κ1) is 8.48. The van der Waals surface area contributed by atoms with Gasteiger partial charge in [-0.15, -0.1) is 0 Å². The van der Waals surface area contributed by atoms with Gasteiger partial charge in [0.2, 0.25) is 5.95 Å². The smallest absolute Gasteiger partial charge is 0.220 e. The maximum Gasteiger partial charge on any atom is 0.220 e. The van der Waals surface area contributed by atoms with Crippen molar-refractivity contribution in [2.24, 2.45) is 0 Å². The molecule has 0 amide bonds. The van der Waals surface area contributed by atoms with E-state index in [9.17, 15) is 0 Å². The van der Waals surface area contributed by atoms with Crippen molar-refractivity contribution in [3.05, 3.63) is 17.5 Å². The molecule has 1 aromatic rings. The topological polar surface area (TPSA) is 51.8 Å². The minimum Gasteiger partial charge on any atom is -0.368 e. The van der Waals surface area contributed by atoms with Gasteiger partial charge in [0.1, 0.15) is 0 Å². The molecule has 0 aliphatic heterocycles. The Morgan fingerprint density at radius 1 is 1.38 bits per heavy atom. The van der Waals surface area contributed by atoms with Crippen LogP contribution in [0, 0.1) is 6.92 Å². The molecule has 1 aliphatic carbocycles. The van der Waals surface area contributed by atoms with Gasteiger partial charge < -0.3 is 5.73 Å². The number of aryl methyl sites for hydroxylation is 1. The molecule has 0 atom stereocenters. The lowest BCUT2D eigenvalue weighted by Crippen LogP contribution is -2.03. The van der Waals surface area contributed by atoms with E-state index in [1.165, 1.54) is 31.2 Å². The second-order valence-electron chi connectivity index (χ2n) is 3.75. The lowest BCUT2D eigenvalue weighted by atomic mass is 9.98. The molecule has 0 bridgehead atoms. The standard InChI is InChI=1S/C10H15N3/c1-7-9(6-12-10(11)13-7)8-4-2-3-5-8/h6,8H,2-5H2,1H3,(H2,11,12,13). The molecule has 0 aromatic carbocycles. The lowest BCUT2D eigenvalue weighted by molar-refractivity contribution is 0.707. The van der Waals surface area contributed by atoms with Gasteiger partial charge in [0, 0.05) is 11.9 Å². The molecule has 1 aliphatic rings. The Balaban J connectivity index is 2.29. The normalized spacial score (nSPS) is 17.9. The Hall–Kier alpha value is -1.12. The van der Waals surface area contributed by atoms with Crippen LogP contribution in [0.15, 0.2) is 6.20 Å². The van der Waals surface area contributed by atoms with Gasteiger partial charge in [0.15, 0.2) is 0 Å². The Labute approximate surface area is 78.4 Å². The number of anilines is 1. The van der Waals surface area contributed by atoms with Crippen molar-refractivity contribution in [3.63, 3.8) is 0 Å². The number of nitrogens with zero attached hydrogens (tertiary/aromatic N) is 2. The molecule has 0 radical (unpaired) electrons. The van der Waals surface area contributed by atoms with Crippen LogP contribution in [0.2, 0.25) is 0 Å². The van der Waals surface area contributed by atoms with Gasteiger partial charge in [-0.3, -0.25) is 0 Å². The number of hydrogen-bond donors (Lipinski definition) is 1. The quantitative estimate of drug-likeness (QED) is 0.714. The first-order chi connectivity index (χ1) is 6.27. The molecule has 2 N–H and O–H groups in total. The van der Waals surface area contributed by atoms with Crippen molar-refractivity contribution >= 4 is 5.95 Å². The van der Waals surface area contributed by atoms with Crippen LogP contribution in [0.1, 0.15) is 42.9 Å².